The smallest absolute Gasteiger partial charge is 0.140 e. The van der Waals surface area contributed by atoms with Gasteiger partial charge in [0, 0.05) is 5.92 Å². The maximum Gasteiger partial charge on any atom is 0.140 e. The van der Waals surface area contributed by atoms with Gasteiger partial charge in [0.1, 0.15) is 21.6 Å². The van der Waals surface area contributed by atoms with E-state index >= 15 is 0 Å². The van der Waals surface area contributed by atoms with E-state index in [-0.39, 0.29) is 11.7 Å². The lowest BCUT2D eigenvalue weighted by Crippen LogP contribution is -2.17. The van der Waals surface area contributed by atoms with Crippen LogP contribution in [0, 0.1) is 0 Å². The van der Waals surface area contributed by atoms with Gasteiger partial charge < -0.3 is 14.6 Å². The number of hydrogen-bond donors (Lipinski definition) is 1. The third-order valence-corrected chi connectivity index (χ3v) is 6.59. The van der Waals surface area contributed by atoms with Crippen LogP contribution in [0.3, 0.4) is 0 Å². The summed E-state index contributed by atoms with van der Waals surface area (Å²) in [4.78, 5) is 0. The first kappa shape index (κ1) is 19.0. The minimum absolute atomic E-state index is 0.160. The Labute approximate surface area is 174 Å². The number of phenolic OH excluding ortho intramolecular Hbond substituents is 1. The van der Waals surface area contributed by atoms with Crippen molar-refractivity contribution in [3.05, 3.63) is 89.5 Å². The fraction of sp³-hybridized carbons (Fsp3) is 0.217. The summed E-state index contributed by atoms with van der Waals surface area (Å²) in [6.07, 6.45) is 0. The molecule has 3 aromatic carbocycles. The summed E-state index contributed by atoms with van der Waals surface area (Å²) < 4.78 is 9.52. The van der Waals surface area contributed by atoms with Crippen molar-refractivity contribution in [1.82, 2.24) is 0 Å². The zero-order chi connectivity index (χ0) is 19.9. The van der Waals surface area contributed by atoms with Crippen molar-refractivity contribution in [3.63, 3.8) is 0 Å². The lowest BCUT2D eigenvalue weighted by Gasteiger charge is -2.21. The van der Waals surface area contributed by atoms with E-state index in [4.69, 9.17) is 32.7 Å². The average molecular weight is 415 g/mol. The lowest BCUT2D eigenvalue weighted by atomic mass is 9.84. The van der Waals surface area contributed by atoms with Gasteiger partial charge in [0.2, 0.25) is 0 Å². The number of ether oxygens (including phenoxy) is 2. The molecule has 1 fully saturated rings. The summed E-state index contributed by atoms with van der Waals surface area (Å²) in [6.45, 7) is 0. The van der Waals surface area contributed by atoms with Crippen LogP contribution < -0.4 is 9.47 Å². The summed E-state index contributed by atoms with van der Waals surface area (Å²) in [7, 11) is 3.27. The molecular formula is C23H20Cl2O3. The van der Waals surface area contributed by atoms with Crippen molar-refractivity contribution in [2.45, 2.75) is 15.7 Å². The Bertz CT molecular complexity index is 966. The number of phenols is 1. The first-order chi connectivity index (χ1) is 13.4. The van der Waals surface area contributed by atoms with Crippen LogP contribution in [0.2, 0.25) is 0 Å². The van der Waals surface area contributed by atoms with Gasteiger partial charge in [0.25, 0.3) is 0 Å². The van der Waals surface area contributed by atoms with Crippen molar-refractivity contribution >= 4 is 23.2 Å². The highest BCUT2D eigenvalue weighted by Crippen LogP contribution is 2.77. The predicted octanol–water partition coefficient (Wildman–Crippen LogP) is 5.67. The lowest BCUT2D eigenvalue weighted by molar-refractivity contribution is 0.414. The summed E-state index contributed by atoms with van der Waals surface area (Å²) in [5.74, 6) is 1.58. The van der Waals surface area contributed by atoms with Crippen molar-refractivity contribution in [2.24, 2.45) is 0 Å². The molecule has 0 radical (unpaired) electrons. The molecule has 2 atom stereocenters. The third kappa shape index (κ3) is 2.73. The van der Waals surface area contributed by atoms with Gasteiger partial charge in [-0.05, 0) is 53.1 Å². The zero-order valence-corrected chi connectivity index (χ0v) is 17.0. The van der Waals surface area contributed by atoms with Crippen molar-refractivity contribution < 1.29 is 14.6 Å². The number of aromatic hydroxyl groups is 1. The topological polar surface area (TPSA) is 38.7 Å². The normalized spacial score (nSPS) is 22.5. The highest BCUT2D eigenvalue weighted by Gasteiger charge is 2.77. The van der Waals surface area contributed by atoms with E-state index in [9.17, 15) is 5.11 Å². The van der Waals surface area contributed by atoms with Crippen molar-refractivity contribution in [2.75, 3.05) is 14.2 Å². The molecule has 1 saturated carbocycles. The number of halogens is 2. The quantitative estimate of drug-likeness (QED) is 0.546. The third-order valence-electron chi connectivity index (χ3n) is 5.56. The van der Waals surface area contributed by atoms with Crippen LogP contribution in [0.5, 0.6) is 17.2 Å². The molecule has 144 valence electrons. The largest absolute Gasteiger partial charge is 0.508 e. The van der Waals surface area contributed by atoms with Crippen LogP contribution in [0.1, 0.15) is 22.6 Å². The van der Waals surface area contributed by atoms with Crippen molar-refractivity contribution in [3.8, 4) is 17.2 Å². The minimum Gasteiger partial charge on any atom is -0.508 e. The van der Waals surface area contributed by atoms with Crippen LogP contribution >= 0.6 is 23.2 Å². The average Bonchev–Trinajstić information content (AvgIpc) is 3.25. The van der Waals surface area contributed by atoms with Crippen molar-refractivity contribution in [1.29, 1.82) is 0 Å². The van der Waals surface area contributed by atoms with Crippen LogP contribution in [-0.2, 0) is 5.41 Å². The number of methoxy groups -OCH3 is 2. The Hall–Kier alpha value is -2.36. The maximum absolute atomic E-state index is 9.76. The Morgan fingerprint density at radius 2 is 1.14 bits per heavy atom. The minimum atomic E-state index is -1.05. The van der Waals surface area contributed by atoms with E-state index < -0.39 is 9.75 Å². The first-order valence-electron chi connectivity index (χ1n) is 8.91. The zero-order valence-electron chi connectivity index (χ0n) is 15.5. The van der Waals surface area contributed by atoms with E-state index in [1.165, 1.54) is 0 Å². The fourth-order valence-corrected chi connectivity index (χ4v) is 5.25. The summed E-state index contributed by atoms with van der Waals surface area (Å²) in [6, 6.07) is 22.7. The molecule has 0 bridgehead atoms. The van der Waals surface area contributed by atoms with Gasteiger partial charge >= 0.3 is 0 Å². The SMILES string of the molecule is COc1ccc([C@H]2C(Cl)(Cl)[C@]2(c2ccc(O)cc2)c2ccc(OC)cc2)cc1. The molecule has 3 aromatic rings. The Balaban J connectivity index is 1.88. The second kappa shape index (κ2) is 6.91. The molecule has 0 saturated heterocycles. The van der Waals surface area contributed by atoms with Gasteiger partial charge in [-0.3, -0.25) is 0 Å². The molecule has 1 aliphatic rings. The molecule has 0 spiro atoms. The summed E-state index contributed by atoms with van der Waals surface area (Å²) in [5.41, 5.74) is 2.31. The highest BCUT2D eigenvalue weighted by atomic mass is 35.5. The molecule has 0 aliphatic heterocycles. The van der Waals surface area contributed by atoms with Gasteiger partial charge in [0.15, 0.2) is 0 Å². The molecular weight excluding hydrogens is 395 g/mol. The van der Waals surface area contributed by atoms with E-state index in [0.717, 1.165) is 28.2 Å². The molecule has 1 N–H and O–H groups in total. The fourth-order valence-electron chi connectivity index (χ4n) is 4.12. The maximum atomic E-state index is 9.76. The summed E-state index contributed by atoms with van der Waals surface area (Å²) in [5, 5.41) is 9.76. The second-order valence-corrected chi connectivity index (χ2v) is 8.30. The monoisotopic (exact) mass is 414 g/mol. The molecule has 4 rings (SSSR count). The predicted molar refractivity (Wildman–Crippen MR) is 112 cm³/mol. The van der Waals surface area contributed by atoms with Crippen LogP contribution in [0.25, 0.3) is 0 Å². The van der Waals surface area contributed by atoms with E-state index in [2.05, 4.69) is 0 Å². The molecule has 0 aromatic heterocycles. The molecule has 3 nitrogen and oxygen atoms in total. The molecule has 5 heteroatoms. The Morgan fingerprint density at radius 1 is 0.714 bits per heavy atom. The van der Waals surface area contributed by atoms with E-state index in [0.29, 0.717) is 0 Å². The van der Waals surface area contributed by atoms with Gasteiger partial charge in [0.05, 0.1) is 19.6 Å². The molecule has 1 aliphatic carbocycles. The number of rotatable bonds is 5. The Morgan fingerprint density at radius 3 is 1.61 bits per heavy atom. The number of hydrogen-bond acceptors (Lipinski definition) is 3. The molecule has 0 amide bonds. The van der Waals surface area contributed by atoms with Gasteiger partial charge in [-0.2, -0.15) is 0 Å². The molecule has 0 unspecified atom stereocenters. The number of benzene rings is 3. The van der Waals surface area contributed by atoms with Crippen LogP contribution in [0.4, 0.5) is 0 Å². The van der Waals surface area contributed by atoms with E-state index in [1.807, 2.05) is 60.7 Å². The van der Waals surface area contributed by atoms with Gasteiger partial charge in [-0.1, -0.05) is 59.6 Å². The standard InChI is InChI=1S/C23H20Cl2O3/c1-27-19-11-3-15(4-12-19)21-22(23(21,24)25,16-5-9-18(26)10-6-16)17-7-13-20(28-2)14-8-17/h3-14,21,26H,1-2H3/t21-,22-/m1/s1. The van der Waals surface area contributed by atoms with E-state index in [1.54, 1.807) is 26.4 Å². The molecule has 0 heterocycles. The second-order valence-electron chi connectivity index (χ2n) is 6.91. The van der Waals surface area contributed by atoms with Gasteiger partial charge in [-0.15, -0.1) is 0 Å². The molecule has 28 heavy (non-hydrogen) atoms. The Kier molecular flexibility index (Phi) is 4.68. The van der Waals surface area contributed by atoms with Crippen LogP contribution in [-0.4, -0.2) is 23.7 Å². The van der Waals surface area contributed by atoms with Gasteiger partial charge in [-0.25, -0.2) is 0 Å². The highest BCUT2D eigenvalue weighted by molar-refractivity contribution is 6.53. The number of alkyl halides is 2. The van der Waals surface area contributed by atoms with Crippen LogP contribution in [0.15, 0.2) is 72.8 Å². The summed E-state index contributed by atoms with van der Waals surface area (Å²) >= 11 is 13.9. The first-order valence-corrected chi connectivity index (χ1v) is 9.66.